The van der Waals surface area contributed by atoms with Crippen LogP contribution in [0.15, 0.2) is 53.5 Å². The zero-order chi connectivity index (χ0) is 18.7. The van der Waals surface area contributed by atoms with Crippen LogP contribution in [0.4, 0.5) is 18.9 Å². The van der Waals surface area contributed by atoms with E-state index < -0.39 is 12.4 Å². The average Bonchev–Trinajstić information content (AvgIpc) is 2.60. The number of para-hydroxylation sites is 1. The molecule has 3 rings (SSSR count). The SMILES string of the molecule is CC(NC(=O)C1=Nc2ccccc2CC1)c1cccc(OC(F)(F)F)c1. The van der Waals surface area contributed by atoms with Crippen LogP contribution in [0.2, 0.25) is 0 Å². The number of halogens is 3. The van der Waals surface area contributed by atoms with E-state index in [0.717, 1.165) is 17.7 Å². The second kappa shape index (κ2) is 7.19. The molecule has 0 radical (unpaired) electrons. The first-order chi connectivity index (χ1) is 12.3. The van der Waals surface area contributed by atoms with E-state index in [9.17, 15) is 18.0 Å². The number of nitrogens with one attached hydrogen (secondary N) is 1. The van der Waals surface area contributed by atoms with Gasteiger partial charge in [0.05, 0.1) is 11.7 Å². The van der Waals surface area contributed by atoms with Crippen LogP contribution in [0.3, 0.4) is 0 Å². The summed E-state index contributed by atoms with van der Waals surface area (Å²) in [6.07, 6.45) is -3.51. The van der Waals surface area contributed by atoms with Gasteiger partial charge in [-0.2, -0.15) is 0 Å². The lowest BCUT2D eigenvalue weighted by molar-refractivity contribution is -0.274. The number of aliphatic imine (C=N–C) groups is 1. The van der Waals surface area contributed by atoms with Crippen molar-refractivity contribution >= 4 is 17.3 Å². The lowest BCUT2D eigenvalue weighted by atomic mass is 10.0. The number of hydrogen-bond donors (Lipinski definition) is 1. The number of carbonyl (C=O) groups is 1. The van der Waals surface area contributed by atoms with E-state index in [1.165, 1.54) is 18.2 Å². The Morgan fingerprint density at radius 2 is 1.92 bits per heavy atom. The summed E-state index contributed by atoms with van der Waals surface area (Å²) in [4.78, 5) is 16.8. The Hall–Kier alpha value is -2.83. The Morgan fingerprint density at radius 1 is 1.15 bits per heavy atom. The highest BCUT2D eigenvalue weighted by molar-refractivity contribution is 6.39. The highest BCUT2D eigenvalue weighted by Crippen LogP contribution is 2.27. The first-order valence-electron chi connectivity index (χ1n) is 8.14. The number of benzene rings is 2. The minimum atomic E-state index is -4.75. The predicted molar refractivity (Wildman–Crippen MR) is 91.5 cm³/mol. The average molecular weight is 362 g/mol. The monoisotopic (exact) mass is 362 g/mol. The third-order valence-electron chi connectivity index (χ3n) is 4.08. The molecular formula is C19H17F3N2O2. The van der Waals surface area contributed by atoms with Crippen molar-refractivity contribution in [3.63, 3.8) is 0 Å². The normalized spacial score (nSPS) is 14.8. The summed E-state index contributed by atoms with van der Waals surface area (Å²) >= 11 is 0. The lowest BCUT2D eigenvalue weighted by Gasteiger charge is -2.19. The van der Waals surface area contributed by atoms with Crippen molar-refractivity contribution in [3.05, 3.63) is 59.7 Å². The molecule has 1 aliphatic rings. The Balaban J connectivity index is 1.70. The minimum Gasteiger partial charge on any atom is -0.406 e. The van der Waals surface area contributed by atoms with Crippen LogP contribution in [0.25, 0.3) is 0 Å². The highest BCUT2D eigenvalue weighted by Gasteiger charge is 2.31. The summed E-state index contributed by atoms with van der Waals surface area (Å²) in [5.41, 5.74) is 2.79. The minimum absolute atomic E-state index is 0.319. The number of fused-ring (bicyclic) bond motifs is 1. The van der Waals surface area contributed by atoms with Crippen molar-refractivity contribution in [2.45, 2.75) is 32.2 Å². The first kappa shape index (κ1) is 18.0. The van der Waals surface area contributed by atoms with Gasteiger partial charge in [0, 0.05) is 0 Å². The molecular weight excluding hydrogens is 345 g/mol. The highest BCUT2D eigenvalue weighted by atomic mass is 19.4. The van der Waals surface area contributed by atoms with Gasteiger partial charge in [0.2, 0.25) is 0 Å². The van der Waals surface area contributed by atoms with Gasteiger partial charge in [-0.15, -0.1) is 13.2 Å². The Morgan fingerprint density at radius 3 is 2.69 bits per heavy atom. The Kier molecular flexibility index (Phi) is 4.97. The van der Waals surface area contributed by atoms with E-state index in [-0.39, 0.29) is 11.7 Å². The van der Waals surface area contributed by atoms with Crippen LogP contribution in [-0.2, 0) is 11.2 Å². The van der Waals surface area contributed by atoms with Gasteiger partial charge in [0.15, 0.2) is 0 Å². The van der Waals surface area contributed by atoms with Gasteiger partial charge < -0.3 is 10.1 Å². The molecule has 0 spiro atoms. The molecule has 2 aromatic rings. The van der Waals surface area contributed by atoms with Gasteiger partial charge in [0.1, 0.15) is 11.5 Å². The Labute approximate surface area is 148 Å². The summed E-state index contributed by atoms with van der Waals surface area (Å²) in [6.45, 7) is 1.70. The summed E-state index contributed by atoms with van der Waals surface area (Å²) in [6, 6.07) is 12.7. The molecule has 1 amide bonds. The molecule has 0 fully saturated rings. The first-order valence-corrected chi connectivity index (χ1v) is 8.14. The van der Waals surface area contributed by atoms with Crippen molar-refractivity contribution in [1.29, 1.82) is 0 Å². The predicted octanol–water partition coefficient (Wildman–Crippen LogP) is 4.48. The summed E-state index contributed by atoms with van der Waals surface area (Å²) in [5, 5.41) is 2.78. The van der Waals surface area contributed by atoms with E-state index in [0.29, 0.717) is 17.7 Å². The molecule has 4 nitrogen and oxygen atoms in total. The number of amides is 1. The number of hydrogen-bond acceptors (Lipinski definition) is 3. The van der Waals surface area contributed by atoms with Crippen molar-refractivity contribution < 1.29 is 22.7 Å². The second-order valence-electron chi connectivity index (χ2n) is 6.00. The number of rotatable bonds is 4. The van der Waals surface area contributed by atoms with Gasteiger partial charge in [-0.05, 0) is 49.1 Å². The van der Waals surface area contributed by atoms with Crippen LogP contribution >= 0.6 is 0 Å². The zero-order valence-electron chi connectivity index (χ0n) is 14.0. The van der Waals surface area contributed by atoms with Gasteiger partial charge in [-0.1, -0.05) is 30.3 Å². The summed E-state index contributed by atoms with van der Waals surface area (Å²) < 4.78 is 40.9. The van der Waals surface area contributed by atoms with Crippen LogP contribution in [0, 0.1) is 0 Å². The van der Waals surface area contributed by atoms with Gasteiger partial charge >= 0.3 is 6.36 Å². The molecule has 1 heterocycles. The summed E-state index contributed by atoms with van der Waals surface area (Å²) in [5.74, 6) is -0.644. The fraction of sp³-hybridized carbons (Fsp3) is 0.263. The maximum atomic E-state index is 12.5. The molecule has 1 aliphatic heterocycles. The van der Waals surface area contributed by atoms with Crippen molar-refractivity contribution in [2.75, 3.05) is 0 Å². The largest absolute Gasteiger partial charge is 0.573 e. The molecule has 26 heavy (non-hydrogen) atoms. The third-order valence-corrected chi connectivity index (χ3v) is 4.08. The summed E-state index contributed by atoms with van der Waals surface area (Å²) in [7, 11) is 0. The van der Waals surface area contributed by atoms with Gasteiger partial charge in [0.25, 0.3) is 5.91 Å². The number of nitrogens with zero attached hydrogens (tertiary/aromatic N) is 1. The zero-order valence-corrected chi connectivity index (χ0v) is 14.0. The van der Waals surface area contributed by atoms with E-state index in [1.54, 1.807) is 13.0 Å². The van der Waals surface area contributed by atoms with Crippen molar-refractivity contribution in [3.8, 4) is 5.75 Å². The van der Waals surface area contributed by atoms with Crippen LogP contribution in [-0.4, -0.2) is 18.0 Å². The van der Waals surface area contributed by atoms with Gasteiger partial charge in [-0.25, -0.2) is 4.99 Å². The lowest BCUT2D eigenvalue weighted by Crippen LogP contribution is -2.34. The van der Waals surface area contributed by atoms with Crippen LogP contribution < -0.4 is 10.1 Å². The maximum Gasteiger partial charge on any atom is 0.573 e. The van der Waals surface area contributed by atoms with E-state index in [4.69, 9.17) is 0 Å². The molecule has 136 valence electrons. The van der Waals surface area contributed by atoms with Crippen LogP contribution in [0.1, 0.15) is 30.5 Å². The molecule has 0 bridgehead atoms. The molecule has 7 heteroatoms. The standard InChI is InChI=1S/C19H17F3N2O2/c1-12(14-6-4-7-15(11-14)26-19(20,21)22)23-18(25)17-10-9-13-5-2-3-8-16(13)24-17/h2-8,11-12H,9-10H2,1H3,(H,23,25). The second-order valence-corrected chi connectivity index (χ2v) is 6.00. The molecule has 0 saturated heterocycles. The number of aryl methyl sites for hydroxylation is 1. The molecule has 1 unspecified atom stereocenters. The van der Waals surface area contributed by atoms with E-state index in [2.05, 4.69) is 15.0 Å². The van der Waals surface area contributed by atoms with Crippen molar-refractivity contribution in [2.24, 2.45) is 4.99 Å². The van der Waals surface area contributed by atoms with E-state index >= 15 is 0 Å². The Bertz CT molecular complexity index is 847. The molecule has 2 aromatic carbocycles. The molecule has 0 aromatic heterocycles. The van der Waals surface area contributed by atoms with E-state index in [1.807, 2.05) is 24.3 Å². The van der Waals surface area contributed by atoms with Crippen LogP contribution in [0.5, 0.6) is 5.75 Å². The molecule has 0 saturated carbocycles. The number of ether oxygens (including phenoxy) is 1. The molecule has 0 aliphatic carbocycles. The molecule has 1 atom stereocenters. The fourth-order valence-corrected chi connectivity index (χ4v) is 2.79. The quantitative estimate of drug-likeness (QED) is 0.872. The third kappa shape index (κ3) is 4.41. The molecule has 1 N–H and O–H groups in total. The number of carbonyl (C=O) groups excluding carboxylic acids is 1. The maximum absolute atomic E-state index is 12.5. The smallest absolute Gasteiger partial charge is 0.406 e. The fourth-order valence-electron chi connectivity index (χ4n) is 2.79. The topological polar surface area (TPSA) is 50.7 Å². The number of alkyl halides is 3. The van der Waals surface area contributed by atoms with Gasteiger partial charge in [-0.3, -0.25) is 4.79 Å². The van der Waals surface area contributed by atoms with Crippen molar-refractivity contribution in [1.82, 2.24) is 5.32 Å².